The van der Waals surface area contributed by atoms with Crippen LogP contribution in [-0.2, 0) is 17.9 Å². The van der Waals surface area contributed by atoms with Crippen LogP contribution in [0.25, 0.3) is 16.8 Å². The molecule has 4 aromatic rings. The Hall–Kier alpha value is -3.58. The Bertz CT molecular complexity index is 1260. The van der Waals surface area contributed by atoms with Crippen molar-refractivity contribution < 1.29 is 9.53 Å². The minimum Gasteiger partial charge on any atom is -0.496 e. The lowest BCUT2D eigenvalue weighted by Crippen LogP contribution is -2.32. The number of carbonyl (C=O) groups is 1. The summed E-state index contributed by atoms with van der Waals surface area (Å²) in [6.07, 6.45) is 3.21. The van der Waals surface area contributed by atoms with Gasteiger partial charge >= 0.3 is 0 Å². The fourth-order valence-electron chi connectivity index (χ4n) is 3.17. The Morgan fingerprint density at radius 3 is 2.67 bits per heavy atom. The molecule has 4 rings (SSSR count). The summed E-state index contributed by atoms with van der Waals surface area (Å²) in [6.45, 7) is 0.221. The number of aromatic nitrogens is 3. The number of halogens is 1. The molecule has 0 fully saturated rings. The van der Waals surface area contributed by atoms with Crippen molar-refractivity contribution in [2.75, 3.05) is 7.11 Å². The van der Waals surface area contributed by atoms with E-state index in [1.807, 2.05) is 36.4 Å². The first-order chi connectivity index (χ1) is 14.5. The third-order valence-electron chi connectivity index (χ3n) is 4.73. The van der Waals surface area contributed by atoms with E-state index in [2.05, 4.69) is 10.4 Å². The molecule has 152 valence electrons. The average molecular weight is 423 g/mol. The minimum absolute atomic E-state index is 0.0913. The van der Waals surface area contributed by atoms with Gasteiger partial charge in [-0.25, -0.2) is 4.52 Å². The molecule has 0 unspecified atom stereocenters. The lowest BCUT2D eigenvalue weighted by atomic mass is 10.1. The number of amides is 1. The molecule has 2 aromatic carbocycles. The number of para-hydroxylation sites is 1. The Labute approximate surface area is 177 Å². The second-order valence-electron chi connectivity index (χ2n) is 6.69. The number of carbonyl (C=O) groups excluding carboxylic acids is 1. The second kappa shape index (κ2) is 8.42. The van der Waals surface area contributed by atoms with Crippen LogP contribution in [0.3, 0.4) is 0 Å². The molecule has 2 aromatic heterocycles. The maximum absolute atomic E-state index is 12.8. The smallest absolute Gasteiger partial charge is 0.277 e. The van der Waals surface area contributed by atoms with E-state index in [0.29, 0.717) is 28.5 Å². The highest BCUT2D eigenvalue weighted by Gasteiger charge is 2.12. The van der Waals surface area contributed by atoms with Crippen molar-refractivity contribution in [1.29, 1.82) is 0 Å². The molecule has 0 radical (unpaired) electrons. The van der Waals surface area contributed by atoms with E-state index in [9.17, 15) is 9.59 Å². The van der Waals surface area contributed by atoms with E-state index in [0.717, 1.165) is 11.1 Å². The predicted octanol–water partition coefficient (Wildman–Crippen LogP) is 3.14. The molecule has 0 bridgehead atoms. The number of hydrogen-bond acceptors (Lipinski definition) is 4. The van der Waals surface area contributed by atoms with Gasteiger partial charge < -0.3 is 14.6 Å². The van der Waals surface area contributed by atoms with Crippen molar-refractivity contribution in [3.8, 4) is 17.0 Å². The Morgan fingerprint density at radius 1 is 1.13 bits per heavy atom. The lowest BCUT2D eigenvalue weighted by Gasteiger charge is -2.10. The zero-order valence-corrected chi connectivity index (χ0v) is 17.0. The lowest BCUT2D eigenvalue weighted by molar-refractivity contribution is -0.121. The molecule has 0 saturated heterocycles. The van der Waals surface area contributed by atoms with Crippen LogP contribution < -0.4 is 15.6 Å². The van der Waals surface area contributed by atoms with Crippen LogP contribution in [0.15, 0.2) is 71.8 Å². The van der Waals surface area contributed by atoms with Crippen LogP contribution in [0.2, 0.25) is 5.02 Å². The number of nitrogens with one attached hydrogen (secondary N) is 1. The molecular weight excluding hydrogens is 404 g/mol. The molecule has 0 aliphatic heterocycles. The summed E-state index contributed by atoms with van der Waals surface area (Å²) in [5.41, 5.74) is 2.46. The molecule has 0 spiro atoms. The van der Waals surface area contributed by atoms with Gasteiger partial charge in [-0.1, -0.05) is 41.9 Å². The average Bonchev–Trinajstić information content (AvgIpc) is 3.20. The number of hydrogen-bond donors (Lipinski definition) is 1. The van der Waals surface area contributed by atoms with Crippen LogP contribution in [0.1, 0.15) is 5.56 Å². The molecule has 2 heterocycles. The fraction of sp³-hybridized carbons (Fsp3) is 0.136. The van der Waals surface area contributed by atoms with E-state index in [1.165, 1.54) is 9.08 Å². The van der Waals surface area contributed by atoms with Crippen molar-refractivity contribution in [2.24, 2.45) is 0 Å². The van der Waals surface area contributed by atoms with Gasteiger partial charge in [-0.2, -0.15) is 5.10 Å². The maximum Gasteiger partial charge on any atom is 0.277 e. The molecule has 1 N–H and O–H groups in total. The van der Waals surface area contributed by atoms with Gasteiger partial charge in [-0.05, 0) is 24.3 Å². The molecule has 0 aliphatic rings. The van der Waals surface area contributed by atoms with Crippen molar-refractivity contribution in [2.45, 2.75) is 13.1 Å². The number of nitrogens with zero attached hydrogens (tertiary/aromatic N) is 3. The third-order valence-corrected chi connectivity index (χ3v) is 4.98. The third kappa shape index (κ3) is 4.06. The second-order valence-corrected chi connectivity index (χ2v) is 7.12. The Kier molecular flexibility index (Phi) is 5.54. The molecule has 30 heavy (non-hydrogen) atoms. The fourth-order valence-corrected chi connectivity index (χ4v) is 3.29. The Morgan fingerprint density at radius 2 is 1.90 bits per heavy atom. The topological polar surface area (TPSA) is 77.6 Å². The number of methoxy groups -OCH3 is 1. The standard InChI is InChI=1S/C22H19ClN4O3/c1-30-20-5-3-2-4-16(20)13-24-21(28)14-26-10-11-27-19(22(26)29)12-18(25-27)15-6-8-17(23)9-7-15/h2-12H,13-14H2,1H3,(H,24,28). The van der Waals surface area contributed by atoms with Crippen molar-refractivity contribution >= 4 is 23.0 Å². The van der Waals surface area contributed by atoms with E-state index in [-0.39, 0.29) is 18.0 Å². The normalized spacial score (nSPS) is 10.9. The van der Waals surface area contributed by atoms with Crippen molar-refractivity contribution in [1.82, 2.24) is 19.5 Å². The van der Waals surface area contributed by atoms with E-state index < -0.39 is 0 Å². The summed E-state index contributed by atoms with van der Waals surface area (Å²) in [6, 6.07) is 16.4. The first kappa shape index (κ1) is 19.7. The first-order valence-electron chi connectivity index (χ1n) is 9.28. The van der Waals surface area contributed by atoms with Crippen LogP contribution in [0, 0.1) is 0 Å². The number of fused-ring (bicyclic) bond motifs is 1. The van der Waals surface area contributed by atoms with E-state index >= 15 is 0 Å². The highest BCUT2D eigenvalue weighted by molar-refractivity contribution is 6.30. The van der Waals surface area contributed by atoms with Gasteiger partial charge in [0, 0.05) is 35.1 Å². The van der Waals surface area contributed by atoms with Gasteiger partial charge in [-0.3, -0.25) is 9.59 Å². The summed E-state index contributed by atoms with van der Waals surface area (Å²) in [4.78, 5) is 25.2. The quantitative estimate of drug-likeness (QED) is 0.518. The highest BCUT2D eigenvalue weighted by Crippen LogP contribution is 2.21. The van der Waals surface area contributed by atoms with Gasteiger partial charge in [0.05, 0.1) is 12.8 Å². The SMILES string of the molecule is COc1ccccc1CNC(=O)Cn1ccn2nc(-c3ccc(Cl)cc3)cc2c1=O. The van der Waals surface area contributed by atoms with Gasteiger partial charge in [0.1, 0.15) is 17.8 Å². The Balaban J connectivity index is 1.51. The van der Waals surface area contributed by atoms with Gasteiger partial charge in [0.25, 0.3) is 5.56 Å². The van der Waals surface area contributed by atoms with E-state index in [4.69, 9.17) is 16.3 Å². The zero-order chi connectivity index (χ0) is 21.1. The molecule has 7 nitrogen and oxygen atoms in total. The van der Waals surface area contributed by atoms with Crippen molar-refractivity contribution in [3.05, 3.63) is 87.9 Å². The molecule has 1 amide bonds. The number of benzene rings is 2. The predicted molar refractivity (Wildman–Crippen MR) is 115 cm³/mol. The largest absolute Gasteiger partial charge is 0.496 e. The summed E-state index contributed by atoms with van der Waals surface area (Å²) in [7, 11) is 1.58. The van der Waals surface area contributed by atoms with Gasteiger partial charge in [-0.15, -0.1) is 0 Å². The van der Waals surface area contributed by atoms with Gasteiger partial charge in [0.15, 0.2) is 0 Å². The summed E-state index contributed by atoms with van der Waals surface area (Å²) < 4.78 is 8.16. The van der Waals surface area contributed by atoms with Crippen LogP contribution in [-0.4, -0.2) is 27.2 Å². The van der Waals surface area contributed by atoms with Crippen LogP contribution in [0.5, 0.6) is 5.75 Å². The number of ether oxygens (including phenoxy) is 1. The molecule has 8 heteroatoms. The summed E-state index contributed by atoms with van der Waals surface area (Å²) in [5, 5.41) is 7.88. The number of rotatable bonds is 6. The van der Waals surface area contributed by atoms with Crippen LogP contribution >= 0.6 is 11.6 Å². The molecule has 0 aliphatic carbocycles. The molecular formula is C22H19ClN4O3. The van der Waals surface area contributed by atoms with E-state index in [1.54, 1.807) is 37.7 Å². The van der Waals surface area contributed by atoms with Crippen molar-refractivity contribution in [3.63, 3.8) is 0 Å². The summed E-state index contributed by atoms with van der Waals surface area (Å²) >= 11 is 5.93. The molecule has 0 saturated carbocycles. The molecule has 0 atom stereocenters. The highest BCUT2D eigenvalue weighted by atomic mass is 35.5. The summed E-state index contributed by atoms with van der Waals surface area (Å²) in [5.74, 6) is 0.426. The zero-order valence-electron chi connectivity index (χ0n) is 16.2. The minimum atomic E-state index is -0.294. The first-order valence-corrected chi connectivity index (χ1v) is 9.66. The maximum atomic E-state index is 12.8. The monoisotopic (exact) mass is 422 g/mol. The van der Waals surface area contributed by atoms with Gasteiger partial charge in [0.2, 0.25) is 5.91 Å². The van der Waals surface area contributed by atoms with Crippen LogP contribution in [0.4, 0.5) is 0 Å².